The molecule has 2 aromatic heterocycles. The number of hydrogen-bond donors (Lipinski definition) is 0. The van der Waals surface area contributed by atoms with Gasteiger partial charge in [0.05, 0.1) is 18.3 Å². The number of carbonyl (C=O) groups is 1. The minimum Gasteiger partial charge on any atom is -0.494 e. The zero-order valence-electron chi connectivity index (χ0n) is 19.4. The van der Waals surface area contributed by atoms with Crippen molar-refractivity contribution >= 4 is 38.9 Å². The zero-order valence-corrected chi connectivity index (χ0v) is 21.0. The van der Waals surface area contributed by atoms with Gasteiger partial charge >= 0.3 is 0 Å². The molecule has 1 aromatic carbocycles. The molecule has 2 saturated heterocycles. The maximum Gasteiger partial charge on any atom is 0.254 e. The van der Waals surface area contributed by atoms with Crippen molar-refractivity contribution in [3.05, 3.63) is 39.5 Å². The lowest BCUT2D eigenvalue weighted by atomic mass is 10.1. The average molecular weight is 519 g/mol. The Morgan fingerprint density at radius 1 is 1.21 bits per heavy atom. The third-order valence-corrected chi connectivity index (χ3v) is 9.52. The van der Waals surface area contributed by atoms with Gasteiger partial charge in [0.25, 0.3) is 5.91 Å². The number of piperidine rings is 1. The number of amides is 1. The lowest BCUT2D eigenvalue weighted by molar-refractivity contribution is 0.0781. The summed E-state index contributed by atoms with van der Waals surface area (Å²) < 4.78 is 11.7. The van der Waals surface area contributed by atoms with E-state index in [0.717, 1.165) is 72.2 Å². The van der Waals surface area contributed by atoms with Crippen molar-refractivity contribution in [2.75, 3.05) is 13.7 Å². The number of hydrogen-bond acceptors (Lipinski definition) is 3. The number of imidazole rings is 1. The first-order valence-corrected chi connectivity index (χ1v) is 13.3. The second kappa shape index (κ2) is 6.56. The smallest absolute Gasteiger partial charge is 0.254 e. The number of halogens is 1. The molecule has 0 N–H and O–H groups in total. The normalized spacial score (nSPS) is 28.1. The van der Waals surface area contributed by atoms with Crippen molar-refractivity contribution in [1.29, 1.82) is 0 Å². The van der Waals surface area contributed by atoms with Crippen LogP contribution >= 0.6 is 15.9 Å². The van der Waals surface area contributed by atoms with Gasteiger partial charge in [0.2, 0.25) is 0 Å². The number of nitrogens with zero attached hydrogens (tertiary/aromatic N) is 4. The van der Waals surface area contributed by atoms with E-state index in [4.69, 9.17) is 9.72 Å². The number of aromatic nitrogens is 3. The summed E-state index contributed by atoms with van der Waals surface area (Å²) in [4.78, 5) is 20.5. The van der Waals surface area contributed by atoms with Crippen LogP contribution in [0.5, 0.6) is 5.75 Å². The Morgan fingerprint density at radius 3 is 2.74 bits per heavy atom. The van der Waals surface area contributed by atoms with Crippen LogP contribution in [-0.2, 0) is 20.0 Å². The molecule has 2 unspecified atom stereocenters. The number of aryl methyl sites for hydroxylation is 1. The van der Waals surface area contributed by atoms with Crippen molar-refractivity contribution < 1.29 is 9.53 Å². The zero-order chi connectivity index (χ0) is 22.9. The van der Waals surface area contributed by atoms with Crippen molar-refractivity contribution in [3.8, 4) is 17.3 Å². The van der Waals surface area contributed by atoms with Crippen LogP contribution in [0.15, 0.2) is 22.7 Å². The van der Waals surface area contributed by atoms with Crippen LogP contribution in [0.1, 0.15) is 40.9 Å². The number of carbonyl (C=O) groups excluding carboxylic acids is 1. The molecule has 0 spiro atoms. The van der Waals surface area contributed by atoms with Gasteiger partial charge < -0.3 is 18.8 Å². The lowest BCUT2D eigenvalue weighted by Crippen LogP contribution is -2.29. The van der Waals surface area contributed by atoms with Crippen LogP contribution in [-0.4, -0.2) is 44.6 Å². The predicted octanol–water partition coefficient (Wildman–Crippen LogP) is 4.84. The first-order chi connectivity index (χ1) is 16.5. The molecule has 0 radical (unpaired) electrons. The summed E-state index contributed by atoms with van der Waals surface area (Å²) >= 11 is 3.71. The number of ether oxygens (including phenoxy) is 1. The van der Waals surface area contributed by atoms with Gasteiger partial charge in [-0.25, -0.2) is 4.98 Å². The summed E-state index contributed by atoms with van der Waals surface area (Å²) in [6.45, 7) is 1.98. The minimum atomic E-state index is 0.132. The monoisotopic (exact) mass is 518 g/mol. The molecule has 5 fully saturated rings. The fourth-order valence-corrected chi connectivity index (χ4v) is 7.23. The Morgan fingerprint density at radius 2 is 2.03 bits per heavy atom. The highest BCUT2D eigenvalue weighted by Gasteiger charge is 2.81. The lowest BCUT2D eigenvalue weighted by Gasteiger charge is -2.17. The van der Waals surface area contributed by atoms with Gasteiger partial charge in [0.15, 0.2) is 5.82 Å². The van der Waals surface area contributed by atoms with Crippen LogP contribution in [0.4, 0.5) is 0 Å². The van der Waals surface area contributed by atoms with Crippen LogP contribution in [0.3, 0.4) is 0 Å². The van der Waals surface area contributed by atoms with Gasteiger partial charge in [0.1, 0.15) is 11.3 Å². The summed E-state index contributed by atoms with van der Waals surface area (Å²) in [7, 11) is 3.75. The van der Waals surface area contributed by atoms with Crippen molar-refractivity contribution in [2.24, 2.45) is 30.7 Å². The largest absolute Gasteiger partial charge is 0.494 e. The number of rotatable bonds is 5. The summed E-state index contributed by atoms with van der Waals surface area (Å²) in [5.74, 6) is 4.93. The van der Waals surface area contributed by atoms with Gasteiger partial charge in [-0.2, -0.15) is 0 Å². The Balaban J connectivity index is 1.26. The van der Waals surface area contributed by atoms with Crippen molar-refractivity contribution in [1.82, 2.24) is 19.0 Å². The number of allylic oxidation sites excluding steroid dienone is 1. The molecule has 3 saturated carbocycles. The maximum atomic E-state index is 13.3. The molecule has 174 valence electrons. The topological polar surface area (TPSA) is 52.3 Å². The van der Waals surface area contributed by atoms with E-state index in [-0.39, 0.29) is 5.91 Å². The number of benzene rings is 1. The molecule has 34 heavy (non-hydrogen) atoms. The van der Waals surface area contributed by atoms with Crippen molar-refractivity contribution in [2.45, 2.75) is 38.3 Å². The molecular formula is C27H27BrN4O2. The van der Waals surface area contributed by atoms with Gasteiger partial charge in [-0.1, -0.05) is 15.9 Å². The molecule has 4 aliphatic carbocycles. The highest BCUT2D eigenvalue weighted by molar-refractivity contribution is 9.11. The van der Waals surface area contributed by atoms with E-state index >= 15 is 0 Å². The van der Waals surface area contributed by atoms with E-state index in [1.165, 1.54) is 28.6 Å². The first-order valence-electron chi connectivity index (χ1n) is 12.5. The maximum absolute atomic E-state index is 13.3. The molecule has 2 bridgehead atoms. The first kappa shape index (κ1) is 19.7. The summed E-state index contributed by atoms with van der Waals surface area (Å²) in [5.41, 5.74) is 6.33. The molecule has 3 aromatic rings. The quantitative estimate of drug-likeness (QED) is 0.485. The predicted molar refractivity (Wildman–Crippen MR) is 134 cm³/mol. The van der Waals surface area contributed by atoms with E-state index in [2.05, 4.69) is 49.2 Å². The SMILES string of the molecule is COc1cc(C(=O)N2CC3C4C3C42)cc2nc(-c3cc4c(n3CC3CC3)CCC(Br)=C4)n(C)c12. The fraction of sp³-hybridized carbons (Fsp3) is 0.481. The van der Waals surface area contributed by atoms with Gasteiger partial charge in [-0.05, 0) is 83.7 Å². The highest BCUT2D eigenvalue weighted by atomic mass is 79.9. The highest BCUT2D eigenvalue weighted by Crippen LogP contribution is 2.75. The molecule has 2 atom stereocenters. The molecule has 6 nitrogen and oxygen atoms in total. The fourth-order valence-electron chi connectivity index (χ4n) is 6.79. The molecule has 9 rings (SSSR count). The van der Waals surface area contributed by atoms with Gasteiger partial charge in [-0.3, -0.25) is 4.79 Å². The van der Waals surface area contributed by atoms with E-state index < -0.39 is 0 Å². The van der Waals surface area contributed by atoms with Crippen molar-refractivity contribution in [3.63, 3.8) is 0 Å². The molecule has 2 aliphatic heterocycles. The van der Waals surface area contributed by atoms with Crippen LogP contribution in [0.2, 0.25) is 0 Å². The Kier molecular flexibility index (Phi) is 3.81. The summed E-state index contributed by atoms with van der Waals surface area (Å²) in [5, 5.41) is 0. The number of methoxy groups -OCH3 is 1. The Hall–Kier alpha value is -2.54. The standard InChI is InChI=1S/C27H27BrN4O2/c1-30-24-18(8-15(10-21(24)34-2)27(33)32-12-17-22-23(17)25(22)32)29-26(30)20-9-14-7-16(28)5-6-19(14)31(20)11-13-3-4-13/h7-10,13,17,22-23,25H,3-6,11-12H2,1-2H3. The second-order valence-electron chi connectivity index (χ2n) is 10.9. The van der Waals surface area contributed by atoms with Gasteiger partial charge in [0, 0.05) is 37.4 Å². The van der Waals surface area contributed by atoms with Crippen LogP contribution in [0.25, 0.3) is 28.6 Å². The van der Waals surface area contributed by atoms with Crippen LogP contribution in [0, 0.1) is 23.7 Å². The third kappa shape index (κ3) is 2.62. The van der Waals surface area contributed by atoms with E-state index in [9.17, 15) is 4.79 Å². The molecule has 7 heteroatoms. The third-order valence-electron chi connectivity index (χ3n) is 8.89. The van der Waals surface area contributed by atoms with E-state index in [1.807, 2.05) is 12.1 Å². The molecule has 1 amide bonds. The van der Waals surface area contributed by atoms with Gasteiger partial charge in [-0.15, -0.1) is 0 Å². The Bertz CT molecular complexity index is 1430. The van der Waals surface area contributed by atoms with E-state index in [1.54, 1.807) is 7.11 Å². The molecular weight excluding hydrogens is 492 g/mol. The Labute approximate surface area is 206 Å². The second-order valence-corrected chi connectivity index (χ2v) is 11.9. The minimum absolute atomic E-state index is 0.132. The molecule has 6 aliphatic rings. The summed E-state index contributed by atoms with van der Waals surface area (Å²) in [6, 6.07) is 6.68. The molecule has 4 heterocycles. The average Bonchev–Trinajstić information content (AvgIpc) is 3.77. The van der Waals surface area contributed by atoms with E-state index in [0.29, 0.717) is 17.4 Å². The van der Waals surface area contributed by atoms with Crippen LogP contribution < -0.4 is 4.74 Å². The summed E-state index contributed by atoms with van der Waals surface area (Å²) in [6.07, 6.45) is 6.98. The number of fused-ring (bicyclic) bond motifs is 3.